The van der Waals surface area contributed by atoms with Crippen LogP contribution < -0.4 is 5.32 Å². The molecule has 11 aromatic rings. The Kier molecular flexibility index (Phi) is 7.09. The van der Waals surface area contributed by atoms with Crippen LogP contribution in [0.1, 0.15) is 22.9 Å². The van der Waals surface area contributed by atoms with Gasteiger partial charge in [-0.05, 0) is 47.5 Å². The van der Waals surface area contributed by atoms with E-state index < -0.39 is 0 Å². The highest BCUT2D eigenvalue weighted by atomic mass is 32.1. The lowest BCUT2D eigenvalue weighted by atomic mass is 9.97. The highest BCUT2D eigenvalue weighted by molar-refractivity contribution is 7.26. The third-order valence-electron chi connectivity index (χ3n) is 11.3. The molecule has 0 radical (unpaired) electrons. The first-order valence-electron chi connectivity index (χ1n) is 19.2. The fourth-order valence-corrected chi connectivity index (χ4v) is 9.99. The summed E-state index contributed by atoms with van der Waals surface area (Å²) in [7, 11) is 0. The molecule has 1 atom stereocenters. The van der Waals surface area contributed by atoms with Crippen LogP contribution >= 0.6 is 11.3 Å². The average Bonchev–Trinajstić information content (AvgIpc) is 3.96. The van der Waals surface area contributed by atoms with Gasteiger partial charge in [0, 0.05) is 53.0 Å². The van der Waals surface area contributed by atoms with Gasteiger partial charge in [0.25, 0.3) is 0 Å². The summed E-state index contributed by atoms with van der Waals surface area (Å²) in [6, 6.07) is 64.2. The van der Waals surface area contributed by atoms with Crippen LogP contribution in [-0.2, 0) is 0 Å². The van der Waals surface area contributed by atoms with Crippen LogP contribution in [0.15, 0.2) is 196 Å². The maximum Gasteiger partial charge on any atom is 0.159 e. The van der Waals surface area contributed by atoms with Crippen molar-refractivity contribution in [2.45, 2.75) is 6.17 Å². The Morgan fingerprint density at radius 1 is 0.526 bits per heavy atom. The molecule has 57 heavy (non-hydrogen) atoms. The summed E-state index contributed by atoms with van der Waals surface area (Å²) in [4.78, 5) is 10.3. The zero-order chi connectivity index (χ0) is 37.5. The molecule has 4 heterocycles. The predicted octanol–water partition coefficient (Wildman–Crippen LogP) is 13.2. The number of furan rings is 1. The summed E-state index contributed by atoms with van der Waals surface area (Å²) in [5.74, 6) is 1.53. The van der Waals surface area contributed by atoms with E-state index in [2.05, 4.69) is 168 Å². The van der Waals surface area contributed by atoms with Gasteiger partial charge in [-0.1, -0.05) is 146 Å². The molecule has 0 spiro atoms. The van der Waals surface area contributed by atoms with E-state index in [1.807, 2.05) is 35.6 Å². The third kappa shape index (κ3) is 5.01. The molecule has 1 N–H and O–H groups in total. The van der Waals surface area contributed by atoms with E-state index in [4.69, 9.17) is 14.4 Å². The largest absolute Gasteiger partial charge is 0.456 e. The number of fused-ring (bicyclic) bond motifs is 9. The van der Waals surface area contributed by atoms with Gasteiger partial charge in [-0.2, -0.15) is 0 Å². The van der Waals surface area contributed by atoms with E-state index >= 15 is 0 Å². The molecule has 1 aliphatic heterocycles. The van der Waals surface area contributed by atoms with E-state index in [0.29, 0.717) is 5.84 Å². The van der Waals surface area contributed by atoms with Gasteiger partial charge in [0.05, 0.1) is 22.1 Å². The maximum atomic E-state index is 6.67. The van der Waals surface area contributed by atoms with Gasteiger partial charge >= 0.3 is 0 Å². The van der Waals surface area contributed by atoms with E-state index in [1.54, 1.807) is 0 Å². The second-order valence-corrected chi connectivity index (χ2v) is 15.6. The maximum absolute atomic E-state index is 6.67. The lowest BCUT2D eigenvalue weighted by Gasteiger charge is -2.23. The van der Waals surface area contributed by atoms with Crippen LogP contribution in [0, 0.1) is 0 Å². The van der Waals surface area contributed by atoms with Crippen molar-refractivity contribution in [2.24, 2.45) is 9.98 Å². The number of rotatable bonds is 5. The number of amidine groups is 2. The Morgan fingerprint density at radius 3 is 1.96 bits per heavy atom. The second kappa shape index (κ2) is 12.6. The van der Waals surface area contributed by atoms with E-state index in [0.717, 1.165) is 55.7 Å². The van der Waals surface area contributed by atoms with E-state index in [1.165, 1.54) is 47.5 Å². The van der Waals surface area contributed by atoms with Gasteiger partial charge in [0.1, 0.15) is 23.2 Å². The van der Waals surface area contributed by atoms with E-state index in [-0.39, 0.29) is 6.17 Å². The third-order valence-corrected chi connectivity index (χ3v) is 12.5. The Morgan fingerprint density at radius 2 is 1.18 bits per heavy atom. The SMILES string of the molecule is c1ccc(C2=NC(c3ccc4c(c3)sc3c(-c5cccc6oc7cccc(-n8c9ccccc9c9ccccc98)c7c56)cccc34)=NC(c3ccccc3)N2)cc1. The number of aliphatic imine (C=N–C) groups is 2. The van der Waals surface area contributed by atoms with Gasteiger partial charge in [0.15, 0.2) is 5.84 Å². The Labute approximate surface area is 331 Å². The molecule has 268 valence electrons. The number of benzene rings is 8. The second-order valence-electron chi connectivity index (χ2n) is 14.5. The summed E-state index contributed by atoms with van der Waals surface area (Å²) in [6.07, 6.45) is -0.253. The zero-order valence-corrected chi connectivity index (χ0v) is 31.4. The minimum absolute atomic E-state index is 0.253. The highest BCUT2D eigenvalue weighted by Crippen LogP contribution is 2.46. The minimum atomic E-state index is -0.253. The number of thiophene rings is 1. The number of hydrogen-bond acceptors (Lipinski definition) is 5. The summed E-state index contributed by atoms with van der Waals surface area (Å²) < 4.78 is 11.5. The first-order valence-corrected chi connectivity index (χ1v) is 20.0. The van der Waals surface area contributed by atoms with Crippen LogP contribution in [0.25, 0.3) is 80.7 Å². The number of nitrogens with zero attached hydrogens (tertiary/aromatic N) is 3. The van der Waals surface area contributed by atoms with Crippen molar-refractivity contribution in [3.63, 3.8) is 0 Å². The zero-order valence-electron chi connectivity index (χ0n) is 30.6. The number of para-hydroxylation sites is 2. The highest BCUT2D eigenvalue weighted by Gasteiger charge is 2.23. The monoisotopic (exact) mass is 748 g/mol. The summed E-state index contributed by atoms with van der Waals surface area (Å²) in [5, 5.41) is 10.7. The molecule has 0 fully saturated rings. The molecule has 0 aliphatic carbocycles. The molecule has 0 bridgehead atoms. The molecule has 1 aliphatic rings. The normalized spacial score (nSPS) is 14.5. The van der Waals surface area contributed by atoms with Crippen molar-refractivity contribution in [1.29, 1.82) is 0 Å². The predicted molar refractivity (Wildman–Crippen MR) is 238 cm³/mol. The molecule has 8 aromatic carbocycles. The van der Waals surface area contributed by atoms with Crippen LogP contribution in [0.2, 0.25) is 0 Å². The number of nitrogens with one attached hydrogen (secondary N) is 1. The average molecular weight is 749 g/mol. The number of aromatic nitrogens is 1. The quantitative estimate of drug-likeness (QED) is 0.191. The standard InChI is InChI=1S/C51H32N4OS/c1-3-14-31(15-4-1)49-52-50(32-16-5-2-6-17-32)54-51(53-49)33-28-29-36-38-21-11-22-39(48(38)57-45(36)30-33)37-20-12-26-43-46(37)47-42(25-13-27-44(47)56-43)55-40-23-9-7-18-34(40)35-19-8-10-24-41(35)55/h1-30,49H,(H,52,53,54). The van der Waals surface area contributed by atoms with Gasteiger partial charge in [-0.25, -0.2) is 9.98 Å². The van der Waals surface area contributed by atoms with Crippen LogP contribution in [0.5, 0.6) is 0 Å². The Bertz CT molecular complexity index is 3390. The molecule has 1 unspecified atom stereocenters. The molecule has 12 rings (SSSR count). The fraction of sp³-hybridized carbons (Fsp3) is 0.0196. The smallest absolute Gasteiger partial charge is 0.159 e. The molecule has 6 heteroatoms. The lowest BCUT2D eigenvalue weighted by molar-refractivity contribution is 0.669. The Hall–Kier alpha value is -7.28. The molecular weight excluding hydrogens is 717 g/mol. The van der Waals surface area contributed by atoms with Gasteiger partial charge < -0.3 is 14.3 Å². The first-order chi connectivity index (χ1) is 28.3. The van der Waals surface area contributed by atoms with Crippen molar-refractivity contribution in [1.82, 2.24) is 9.88 Å². The van der Waals surface area contributed by atoms with Gasteiger partial charge in [-0.3, -0.25) is 0 Å². The van der Waals surface area contributed by atoms with Gasteiger partial charge in [0.2, 0.25) is 0 Å². The van der Waals surface area contributed by atoms with Crippen LogP contribution in [0.4, 0.5) is 0 Å². The van der Waals surface area contributed by atoms with Crippen LogP contribution in [0.3, 0.4) is 0 Å². The van der Waals surface area contributed by atoms with Crippen molar-refractivity contribution >= 4 is 86.9 Å². The Balaban J connectivity index is 1.05. The van der Waals surface area contributed by atoms with E-state index in [9.17, 15) is 0 Å². The minimum Gasteiger partial charge on any atom is -0.456 e. The molecule has 3 aromatic heterocycles. The first kappa shape index (κ1) is 32.0. The van der Waals surface area contributed by atoms with Crippen molar-refractivity contribution < 1.29 is 4.42 Å². The van der Waals surface area contributed by atoms with Gasteiger partial charge in [-0.15, -0.1) is 11.3 Å². The fourth-order valence-electron chi connectivity index (χ4n) is 8.72. The molecule has 0 saturated carbocycles. The molecule has 5 nitrogen and oxygen atoms in total. The van der Waals surface area contributed by atoms with Crippen LogP contribution in [-0.4, -0.2) is 16.2 Å². The summed E-state index contributed by atoms with van der Waals surface area (Å²) >= 11 is 1.82. The molecular formula is C51H32N4OS. The van der Waals surface area contributed by atoms with Crippen molar-refractivity contribution in [3.8, 4) is 16.8 Å². The number of hydrogen-bond donors (Lipinski definition) is 1. The van der Waals surface area contributed by atoms with Crippen molar-refractivity contribution in [3.05, 3.63) is 199 Å². The molecule has 0 saturated heterocycles. The molecule has 0 amide bonds. The van der Waals surface area contributed by atoms with Crippen molar-refractivity contribution in [2.75, 3.05) is 0 Å². The topological polar surface area (TPSA) is 54.8 Å². The summed E-state index contributed by atoms with van der Waals surface area (Å²) in [6.45, 7) is 0. The summed E-state index contributed by atoms with van der Waals surface area (Å²) in [5.41, 5.74) is 10.7. The lowest BCUT2D eigenvalue weighted by Crippen LogP contribution is -2.33.